The minimum Gasteiger partial charge on any atom is -0.372 e. The van der Waals surface area contributed by atoms with Gasteiger partial charge in [0, 0.05) is 71.2 Å². The third-order valence-corrected chi connectivity index (χ3v) is 5.66. The second-order valence-corrected chi connectivity index (χ2v) is 7.47. The highest BCUT2D eigenvalue weighted by Gasteiger charge is 2.31. The summed E-state index contributed by atoms with van der Waals surface area (Å²) in [6, 6.07) is 8.27. The van der Waals surface area contributed by atoms with Crippen molar-refractivity contribution >= 4 is 0 Å². The molecule has 6 nitrogen and oxygen atoms in total. The van der Waals surface area contributed by atoms with Gasteiger partial charge in [-0.2, -0.15) is 5.10 Å². The van der Waals surface area contributed by atoms with E-state index in [0.29, 0.717) is 5.92 Å². The Morgan fingerprint density at radius 3 is 2.65 bits per heavy atom. The van der Waals surface area contributed by atoms with Crippen LogP contribution in [0.3, 0.4) is 0 Å². The SMILES string of the molecule is Cn1nccc1[C@@H]1OCCC[C@H]1CN1CCN(Cc2ccccn2)CC1. The van der Waals surface area contributed by atoms with Crippen LogP contribution in [-0.4, -0.2) is 63.9 Å². The molecule has 0 aliphatic carbocycles. The topological polar surface area (TPSA) is 46.4 Å². The largest absolute Gasteiger partial charge is 0.372 e. The van der Waals surface area contributed by atoms with Crippen molar-refractivity contribution in [3.05, 3.63) is 48.0 Å². The van der Waals surface area contributed by atoms with Crippen molar-refractivity contribution in [3.63, 3.8) is 0 Å². The van der Waals surface area contributed by atoms with Gasteiger partial charge in [-0.1, -0.05) is 6.07 Å². The Kier molecular flexibility index (Phi) is 5.62. The zero-order valence-electron chi connectivity index (χ0n) is 15.6. The lowest BCUT2D eigenvalue weighted by atomic mass is 9.91. The summed E-state index contributed by atoms with van der Waals surface area (Å²) < 4.78 is 8.12. The molecule has 2 aliphatic rings. The predicted octanol–water partition coefficient (Wildman–Crippen LogP) is 2.10. The molecule has 2 aromatic rings. The van der Waals surface area contributed by atoms with Gasteiger partial charge < -0.3 is 9.64 Å². The molecule has 6 heteroatoms. The lowest BCUT2D eigenvalue weighted by Gasteiger charge is -2.39. The van der Waals surface area contributed by atoms with Gasteiger partial charge in [0.05, 0.1) is 11.4 Å². The fraction of sp³-hybridized carbons (Fsp3) is 0.600. The summed E-state index contributed by atoms with van der Waals surface area (Å²) in [4.78, 5) is 9.57. The Balaban J connectivity index is 1.31. The van der Waals surface area contributed by atoms with E-state index in [2.05, 4.69) is 38.1 Å². The first-order valence-electron chi connectivity index (χ1n) is 9.74. The van der Waals surface area contributed by atoms with E-state index in [1.54, 1.807) is 0 Å². The van der Waals surface area contributed by atoms with Gasteiger partial charge >= 0.3 is 0 Å². The average Bonchev–Trinajstić information content (AvgIpc) is 3.10. The summed E-state index contributed by atoms with van der Waals surface area (Å²) in [5.74, 6) is 0.557. The van der Waals surface area contributed by atoms with Crippen LogP contribution < -0.4 is 0 Å². The molecule has 0 amide bonds. The zero-order chi connectivity index (χ0) is 17.8. The van der Waals surface area contributed by atoms with E-state index in [9.17, 15) is 0 Å². The van der Waals surface area contributed by atoms with Crippen molar-refractivity contribution in [1.82, 2.24) is 24.6 Å². The molecule has 26 heavy (non-hydrogen) atoms. The predicted molar refractivity (Wildman–Crippen MR) is 101 cm³/mol. The van der Waals surface area contributed by atoms with Crippen LogP contribution in [0.1, 0.15) is 30.3 Å². The summed E-state index contributed by atoms with van der Waals surface area (Å²) in [6.07, 6.45) is 6.35. The molecule has 0 aromatic carbocycles. The van der Waals surface area contributed by atoms with Gasteiger partial charge in [0.1, 0.15) is 6.10 Å². The summed E-state index contributed by atoms with van der Waals surface area (Å²) in [6.45, 7) is 7.42. The van der Waals surface area contributed by atoms with Gasteiger partial charge in [0.15, 0.2) is 0 Å². The normalized spacial score (nSPS) is 25.4. The van der Waals surface area contributed by atoms with Crippen molar-refractivity contribution in [2.24, 2.45) is 13.0 Å². The van der Waals surface area contributed by atoms with Gasteiger partial charge in [-0.15, -0.1) is 0 Å². The second-order valence-electron chi connectivity index (χ2n) is 7.47. The number of ether oxygens (including phenoxy) is 1. The highest BCUT2D eigenvalue weighted by molar-refractivity contribution is 5.07. The lowest BCUT2D eigenvalue weighted by Crippen LogP contribution is -2.48. The zero-order valence-corrected chi connectivity index (χ0v) is 15.6. The number of aryl methyl sites for hydroxylation is 1. The van der Waals surface area contributed by atoms with Gasteiger partial charge in [-0.25, -0.2) is 0 Å². The van der Waals surface area contributed by atoms with Crippen molar-refractivity contribution < 1.29 is 4.74 Å². The van der Waals surface area contributed by atoms with Crippen molar-refractivity contribution in [2.75, 3.05) is 39.3 Å². The smallest absolute Gasteiger partial charge is 0.103 e. The van der Waals surface area contributed by atoms with Gasteiger partial charge in [0.2, 0.25) is 0 Å². The summed E-state index contributed by atoms with van der Waals surface area (Å²) in [5.41, 5.74) is 2.38. The van der Waals surface area contributed by atoms with Gasteiger partial charge in [-0.3, -0.25) is 14.6 Å². The van der Waals surface area contributed by atoms with Crippen LogP contribution in [0.4, 0.5) is 0 Å². The van der Waals surface area contributed by atoms with E-state index in [4.69, 9.17) is 4.74 Å². The summed E-state index contributed by atoms with van der Waals surface area (Å²) in [5, 5.41) is 4.33. The van der Waals surface area contributed by atoms with E-state index < -0.39 is 0 Å². The fourth-order valence-corrected chi connectivity index (χ4v) is 4.20. The molecule has 4 heterocycles. The van der Waals surface area contributed by atoms with E-state index in [1.165, 1.54) is 18.5 Å². The highest BCUT2D eigenvalue weighted by atomic mass is 16.5. The molecular weight excluding hydrogens is 326 g/mol. The maximum Gasteiger partial charge on any atom is 0.103 e. The molecular formula is C20H29N5O. The highest BCUT2D eigenvalue weighted by Crippen LogP contribution is 2.34. The Labute approximate surface area is 155 Å². The standard InChI is InChI=1S/C20H29N5O/c1-23-19(7-9-22-23)20-17(5-4-14-26-20)15-24-10-12-25(13-11-24)16-18-6-2-3-8-21-18/h2-3,6-9,17,20H,4-5,10-16H2,1H3/t17-,20+/m0/s1. The average molecular weight is 355 g/mol. The number of piperazine rings is 1. The summed E-state index contributed by atoms with van der Waals surface area (Å²) in [7, 11) is 2.01. The first-order chi connectivity index (χ1) is 12.8. The van der Waals surface area contributed by atoms with Crippen LogP contribution in [0.2, 0.25) is 0 Å². The molecule has 0 N–H and O–H groups in total. The molecule has 2 aromatic heterocycles. The molecule has 0 unspecified atom stereocenters. The minimum atomic E-state index is 0.183. The Morgan fingerprint density at radius 1 is 1.08 bits per heavy atom. The first kappa shape index (κ1) is 17.6. The summed E-state index contributed by atoms with van der Waals surface area (Å²) >= 11 is 0. The van der Waals surface area contributed by atoms with E-state index in [0.717, 1.165) is 51.6 Å². The van der Waals surface area contributed by atoms with E-state index >= 15 is 0 Å². The minimum absolute atomic E-state index is 0.183. The number of pyridine rings is 1. The van der Waals surface area contributed by atoms with Crippen molar-refractivity contribution in [3.8, 4) is 0 Å². The van der Waals surface area contributed by atoms with Gasteiger partial charge in [-0.05, 0) is 31.0 Å². The molecule has 2 atom stereocenters. The molecule has 0 spiro atoms. The van der Waals surface area contributed by atoms with Crippen LogP contribution in [0.15, 0.2) is 36.7 Å². The Bertz CT molecular complexity index is 681. The Hall–Kier alpha value is -1.76. The van der Waals surface area contributed by atoms with Crippen LogP contribution in [0, 0.1) is 5.92 Å². The third-order valence-electron chi connectivity index (χ3n) is 5.66. The fourth-order valence-electron chi connectivity index (χ4n) is 4.20. The number of hydrogen-bond acceptors (Lipinski definition) is 5. The second kappa shape index (κ2) is 8.29. The number of nitrogens with zero attached hydrogens (tertiary/aromatic N) is 5. The van der Waals surface area contributed by atoms with E-state index in [-0.39, 0.29) is 6.10 Å². The monoisotopic (exact) mass is 355 g/mol. The van der Waals surface area contributed by atoms with Crippen LogP contribution in [-0.2, 0) is 18.3 Å². The molecule has 0 saturated carbocycles. The molecule has 0 radical (unpaired) electrons. The number of hydrogen-bond donors (Lipinski definition) is 0. The van der Waals surface area contributed by atoms with Gasteiger partial charge in [0.25, 0.3) is 0 Å². The lowest BCUT2D eigenvalue weighted by molar-refractivity contribution is -0.0469. The van der Waals surface area contributed by atoms with E-state index in [1.807, 2.05) is 30.2 Å². The van der Waals surface area contributed by atoms with Crippen molar-refractivity contribution in [1.29, 1.82) is 0 Å². The molecule has 2 saturated heterocycles. The van der Waals surface area contributed by atoms with Crippen LogP contribution >= 0.6 is 0 Å². The maximum atomic E-state index is 6.15. The Morgan fingerprint density at radius 2 is 1.92 bits per heavy atom. The van der Waals surface area contributed by atoms with Crippen LogP contribution in [0.5, 0.6) is 0 Å². The first-order valence-corrected chi connectivity index (χ1v) is 9.74. The molecule has 0 bridgehead atoms. The molecule has 140 valence electrons. The number of rotatable bonds is 5. The molecule has 4 rings (SSSR count). The van der Waals surface area contributed by atoms with Crippen LogP contribution in [0.25, 0.3) is 0 Å². The number of aromatic nitrogens is 3. The van der Waals surface area contributed by atoms with Crippen molar-refractivity contribution in [2.45, 2.75) is 25.5 Å². The molecule has 2 fully saturated rings. The molecule has 2 aliphatic heterocycles. The third kappa shape index (κ3) is 4.14. The quantitative estimate of drug-likeness (QED) is 0.822. The maximum absolute atomic E-state index is 6.15.